The third kappa shape index (κ3) is 3.91. The molecule has 0 saturated heterocycles. The van der Waals surface area contributed by atoms with Crippen molar-refractivity contribution in [3.05, 3.63) is 30.9 Å². The van der Waals surface area contributed by atoms with Crippen LogP contribution < -0.4 is 10.1 Å². The molecule has 106 valence electrons. The second-order valence-electron chi connectivity index (χ2n) is 4.79. The first kappa shape index (κ1) is 14.2. The smallest absolute Gasteiger partial charge is 0.145 e. The minimum absolute atomic E-state index is 0.121. The van der Waals surface area contributed by atoms with Crippen molar-refractivity contribution in [2.24, 2.45) is 0 Å². The molecule has 0 saturated carbocycles. The summed E-state index contributed by atoms with van der Waals surface area (Å²) in [5.74, 6) is 1.52. The van der Waals surface area contributed by atoms with Crippen LogP contribution in [0, 0.1) is 0 Å². The predicted molar refractivity (Wildman–Crippen MR) is 79.8 cm³/mol. The van der Waals surface area contributed by atoms with E-state index >= 15 is 0 Å². The van der Waals surface area contributed by atoms with Crippen LogP contribution in [0.2, 0.25) is 0 Å². The number of nitrogens with one attached hydrogen (secondary N) is 1. The molecule has 0 atom stereocenters. The molecule has 2 aromatic heterocycles. The van der Waals surface area contributed by atoms with Crippen molar-refractivity contribution in [1.29, 1.82) is 0 Å². The average Bonchev–Trinajstić information content (AvgIpc) is 2.45. The van der Waals surface area contributed by atoms with Crippen LogP contribution in [0.4, 0.5) is 5.82 Å². The zero-order chi connectivity index (χ0) is 14.4. The van der Waals surface area contributed by atoms with Crippen LogP contribution in [-0.2, 0) is 0 Å². The molecule has 0 unspecified atom stereocenters. The number of anilines is 1. The highest BCUT2D eigenvalue weighted by Crippen LogP contribution is 2.22. The molecule has 0 bridgehead atoms. The summed E-state index contributed by atoms with van der Waals surface area (Å²) in [7, 11) is 0. The van der Waals surface area contributed by atoms with Gasteiger partial charge in [-0.15, -0.1) is 0 Å². The Morgan fingerprint density at radius 3 is 2.70 bits per heavy atom. The number of nitrogens with zero attached hydrogens (tertiary/aromatic N) is 3. The van der Waals surface area contributed by atoms with Gasteiger partial charge in [0.05, 0.1) is 30.4 Å². The van der Waals surface area contributed by atoms with Crippen molar-refractivity contribution in [2.45, 2.75) is 33.3 Å². The monoisotopic (exact) mass is 272 g/mol. The Bertz CT molecular complexity index is 557. The molecule has 0 fully saturated rings. The van der Waals surface area contributed by atoms with Gasteiger partial charge in [-0.3, -0.25) is 9.97 Å². The lowest BCUT2D eigenvalue weighted by atomic mass is 10.2. The Balaban J connectivity index is 2.22. The summed E-state index contributed by atoms with van der Waals surface area (Å²) in [6.45, 7) is 6.97. The SMILES string of the molecule is CCCNc1cncc(-c2cncc(OC(C)C)c2)n1. The van der Waals surface area contributed by atoms with Crippen molar-refractivity contribution < 1.29 is 4.74 Å². The molecule has 20 heavy (non-hydrogen) atoms. The number of pyridine rings is 1. The fourth-order valence-electron chi connectivity index (χ4n) is 1.74. The Labute approximate surface area is 119 Å². The minimum Gasteiger partial charge on any atom is -0.489 e. The fraction of sp³-hybridized carbons (Fsp3) is 0.400. The number of ether oxygens (including phenoxy) is 1. The molecule has 0 radical (unpaired) electrons. The maximum atomic E-state index is 5.65. The molecule has 5 nitrogen and oxygen atoms in total. The third-order valence-electron chi connectivity index (χ3n) is 2.57. The second-order valence-corrected chi connectivity index (χ2v) is 4.79. The van der Waals surface area contributed by atoms with Gasteiger partial charge in [0.15, 0.2) is 0 Å². The van der Waals surface area contributed by atoms with Gasteiger partial charge in [0.1, 0.15) is 11.6 Å². The maximum Gasteiger partial charge on any atom is 0.145 e. The minimum atomic E-state index is 0.121. The van der Waals surface area contributed by atoms with Crippen molar-refractivity contribution in [2.75, 3.05) is 11.9 Å². The lowest BCUT2D eigenvalue weighted by Gasteiger charge is -2.10. The van der Waals surface area contributed by atoms with Crippen LogP contribution in [0.1, 0.15) is 27.2 Å². The Hall–Kier alpha value is -2.17. The Kier molecular flexibility index (Phi) is 4.87. The van der Waals surface area contributed by atoms with E-state index in [0.717, 1.165) is 35.8 Å². The normalized spacial score (nSPS) is 10.6. The molecular weight excluding hydrogens is 252 g/mol. The number of hydrogen-bond acceptors (Lipinski definition) is 5. The molecule has 5 heteroatoms. The van der Waals surface area contributed by atoms with E-state index in [2.05, 4.69) is 27.2 Å². The molecule has 0 aromatic carbocycles. The van der Waals surface area contributed by atoms with Crippen LogP contribution in [-0.4, -0.2) is 27.6 Å². The highest BCUT2D eigenvalue weighted by molar-refractivity contribution is 5.60. The van der Waals surface area contributed by atoms with E-state index in [1.807, 2.05) is 19.9 Å². The Morgan fingerprint density at radius 2 is 1.95 bits per heavy atom. The molecule has 0 aliphatic heterocycles. The predicted octanol–water partition coefficient (Wildman–Crippen LogP) is 3.15. The van der Waals surface area contributed by atoms with Crippen LogP contribution in [0.15, 0.2) is 30.9 Å². The fourth-order valence-corrected chi connectivity index (χ4v) is 1.74. The third-order valence-corrected chi connectivity index (χ3v) is 2.57. The highest BCUT2D eigenvalue weighted by atomic mass is 16.5. The van der Waals surface area contributed by atoms with Gasteiger partial charge in [0, 0.05) is 18.3 Å². The zero-order valence-corrected chi connectivity index (χ0v) is 12.1. The zero-order valence-electron chi connectivity index (χ0n) is 12.1. The summed E-state index contributed by atoms with van der Waals surface area (Å²) in [4.78, 5) is 12.9. The standard InChI is InChI=1S/C15H20N4O/c1-4-5-18-15-10-17-9-14(19-15)12-6-13(8-16-7-12)20-11(2)3/h6-11H,4-5H2,1-3H3,(H,18,19). The van der Waals surface area contributed by atoms with Gasteiger partial charge in [-0.05, 0) is 26.3 Å². The highest BCUT2D eigenvalue weighted by Gasteiger charge is 2.05. The van der Waals surface area contributed by atoms with E-state index in [0.29, 0.717) is 0 Å². The van der Waals surface area contributed by atoms with Crippen molar-refractivity contribution >= 4 is 5.82 Å². The van der Waals surface area contributed by atoms with E-state index in [1.54, 1.807) is 24.8 Å². The van der Waals surface area contributed by atoms with Crippen LogP contribution in [0.25, 0.3) is 11.3 Å². The van der Waals surface area contributed by atoms with Crippen LogP contribution in [0.5, 0.6) is 5.75 Å². The summed E-state index contributed by atoms with van der Waals surface area (Å²) in [5, 5.41) is 3.23. The lowest BCUT2D eigenvalue weighted by molar-refractivity contribution is 0.241. The van der Waals surface area contributed by atoms with E-state index < -0.39 is 0 Å². The van der Waals surface area contributed by atoms with Crippen molar-refractivity contribution in [3.63, 3.8) is 0 Å². The summed E-state index contributed by atoms with van der Waals surface area (Å²) in [6, 6.07) is 1.93. The average molecular weight is 272 g/mol. The van der Waals surface area contributed by atoms with Crippen LogP contribution >= 0.6 is 0 Å². The van der Waals surface area contributed by atoms with Gasteiger partial charge in [0.25, 0.3) is 0 Å². The molecule has 0 spiro atoms. The molecule has 0 aliphatic carbocycles. The molecule has 2 heterocycles. The first-order chi connectivity index (χ1) is 9.69. The van der Waals surface area contributed by atoms with Crippen molar-refractivity contribution in [1.82, 2.24) is 15.0 Å². The van der Waals surface area contributed by atoms with E-state index in [1.165, 1.54) is 0 Å². The summed E-state index contributed by atoms with van der Waals surface area (Å²) in [6.07, 6.45) is 8.09. The molecule has 1 N–H and O–H groups in total. The van der Waals surface area contributed by atoms with Gasteiger partial charge < -0.3 is 10.1 Å². The molecular formula is C15H20N4O. The second kappa shape index (κ2) is 6.84. The molecule has 0 aliphatic rings. The quantitative estimate of drug-likeness (QED) is 0.875. The van der Waals surface area contributed by atoms with E-state index in [4.69, 9.17) is 4.74 Å². The number of hydrogen-bond donors (Lipinski definition) is 1. The molecule has 2 rings (SSSR count). The van der Waals surface area contributed by atoms with E-state index in [9.17, 15) is 0 Å². The number of aromatic nitrogens is 3. The van der Waals surface area contributed by atoms with Crippen LogP contribution in [0.3, 0.4) is 0 Å². The van der Waals surface area contributed by atoms with Gasteiger partial charge in [-0.25, -0.2) is 4.98 Å². The summed E-state index contributed by atoms with van der Waals surface area (Å²) >= 11 is 0. The first-order valence-corrected chi connectivity index (χ1v) is 6.87. The summed E-state index contributed by atoms with van der Waals surface area (Å²) in [5.41, 5.74) is 1.68. The van der Waals surface area contributed by atoms with Gasteiger partial charge in [-0.1, -0.05) is 6.92 Å². The van der Waals surface area contributed by atoms with Crippen molar-refractivity contribution in [3.8, 4) is 17.0 Å². The topological polar surface area (TPSA) is 59.9 Å². The van der Waals surface area contributed by atoms with Gasteiger partial charge in [0.2, 0.25) is 0 Å². The molecule has 0 amide bonds. The largest absolute Gasteiger partial charge is 0.489 e. The molecule has 2 aromatic rings. The number of rotatable bonds is 6. The first-order valence-electron chi connectivity index (χ1n) is 6.87. The lowest BCUT2D eigenvalue weighted by Crippen LogP contribution is -2.06. The Morgan fingerprint density at radius 1 is 1.15 bits per heavy atom. The van der Waals surface area contributed by atoms with Gasteiger partial charge in [-0.2, -0.15) is 0 Å². The summed E-state index contributed by atoms with van der Waals surface area (Å²) < 4.78 is 5.65. The maximum absolute atomic E-state index is 5.65. The van der Waals surface area contributed by atoms with E-state index in [-0.39, 0.29) is 6.10 Å². The van der Waals surface area contributed by atoms with Gasteiger partial charge >= 0.3 is 0 Å².